The van der Waals surface area contributed by atoms with E-state index in [1.807, 2.05) is 30.3 Å². The zero-order valence-electron chi connectivity index (χ0n) is 13.7. The standard InChI is InChI=1S/C19H17ClF3NO2/c20-17-11-15(10-16(12-17)19(21,22)23)8-4-5-9-24-18(25)26-13-14-6-2-1-3-7-14/h1-4,6-8,10-12H,5,9,13H2,(H,24,25). The van der Waals surface area contributed by atoms with Crippen LogP contribution in [0.15, 0.2) is 54.6 Å². The van der Waals surface area contributed by atoms with Crippen molar-refractivity contribution in [3.05, 3.63) is 76.3 Å². The molecule has 0 aliphatic rings. The molecule has 0 bridgehead atoms. The first kappa shape index (κ1) is 19.8. The number of rotatable bonds is 6. The number of alkyl halides is 3. The number of hydrogen-bond acceptors (Lipinski definition) is 2. The SMILES string of the molecule is O=C(NCCC=Cc1cc(Cl)cc(C(F)(F)F)c1)OCc1ccccc1. The first-order valence-electron chi connectivity index (χ1n) is 7.83. The Labute approximate surface area is 154 Å². The average Bonchev–Trinajstić information content (AvgIpc) is 2.59. The Hall–Kier alpha value is -2.47. The molecule has 1 amide bonds. The number of nitrogens with one attached hydrogen (secondary N) is 1. The van der Waals surface area contributed by atoms with Crippen LogP contribution in [0.4, 0.5) is 18.0 Å². The number of carbonyl (C=O) groups excluding carboxylic acids is 1. The van der Waals surface area contributed by atoms with Crippen LogP contribution in [0.25, 0.3) is 6.08 Å². The number of carbonyl (C=O) groups is 1. The number of halogens is 4. The minimum absolute atomic E-state index is 0.0158. The van der Waals surface area contributed by atoms with E-state index in [4.69, 9.17) is 16.3 Å². The average molecular weight is 384 g/mol. The maximum absolute atomic E-state index is 12.7. The maximum Gasteiger partial charge on any atom is 0.416 e. The van der Waals surface area contributed by atoms with Crippen LogP contribution in [-0.2, 0) is 17.5 Å². The predicted octanol–water partition coefficient (Wildman–Crippen LogP) is 5.69. The molecule has 26 heavy (non-hydrogen) atoms. The van der Waals surface area contributed by atoms with Crippen LogP contribution in [0.5, 0.6) is 0 Å². The zero-order valence-corrected chi connectivity index (χ0v) is 14.5. The lowest BCUT2D eigenvalue weighted by molar-refractivity contribution is -0.137. The lowest BCUT2D eigenvalue weighted by atomic mass is 10.1. The summed E-state index contributed by atoms with van der Waals surface area (Å²) in [6.45, 7) is 0.474. The van der Waals surface area contributed by atoms with E-state index in [0.29, 0.717) is 18.5 Å². The molecule has 0 heterocycles. The highest BCUT2D eigenvalue weighted by Crippen LogP contribution is 2.32. The van der Waals surface area contributed by atoms with Gasteiger partial charge in [0.05, 0.1) is 5.56 Å². The number of benzene rings is 2. The molecule has 7 heteroatoms. The van der Waals surface area contributed by atoms with Crippen molar-refractivity contribution < 1.29 is 22.7 Å². The summed E-state index contributed by atoms with van der Waals surface area (Å²) < 4.78 is 43.2. The van der Waals surface area contributed by atoms with Crippen LogP contribution in [0.3, 0.4) is 0 Å². The van der Waals surface area contributed by atoms with E-state index in [0.717, 1.165) is 17.7 Å². The fourth-order valence-corrected chi connectivity index (χ4v) is 2.37. The summed E-state index contributed by atoms with van der Waals surface area (Å²) in [5.41, 5.74) is 0.424. The quantitative estimate of drug-likeness (QED) is 0.651. The smallest absolute Gasteiger partial charge is 0.416 e. The van der Waals surface area contributed by atoms with Crippen molar-refractivity contribution in [2.75, 3.05) is 6.54 Å². The molecule has 2 aromatic rings. The monoisotopic (exact) mass is 383 g/mol. The van der Waals surface area contributed by atoms with Crippen LogP contribution in [-0.4, -0.2) is 12.6 Å². The maximum atomic E-state index is 12.7. The van der Waals surface area contributed by atoms with Crippen molar-refractivity contribution in [3.63, 3.8) is 0 Å². The van der Waals surface area contributed by atoms with Gasteiger partial charge < -0.3 is 10.1 Å². The molecule has 0 unspecified atom stereocenters. The minimum Gasteiger partial charge on any atom is -0.445 e. The Kier molecular flexibility index (Phi) is 7.09. The van der Waals surface area contributed by atoms with Crippen molar-refractivity contribution in [1.82, 2.24) is 5.32 Å². The van der Waals surface area contributed by atoms with E-state index in [1.165, 1.54) is 12.1 Å². The van der Waals surface area contributed by atoms with Crippen LogP contribution < -0.4 is 5.32 Å². The van der Waals surface area contributed by atoms with Crippen LogP contribution in [0, 0.1) is 0 Å². The lowest BCUT2D eigenvalue weighted by Gasteiger charge is -2.08. The Morgan fingerprint density at radius 3 is 2.58 bits per heavy atom. The van der Waals surface area contributed by atoms with E-state index in [1.54, 1.807) is 6.08 Å². The Morgan fingerprint density at radius 1 is 1.15 bits per heavy atom. The van der Waals surface area contributed by atoms with Crippen LogP contribution in [0.1, 0.15) is 23.1 Å². The second-order valence-corrected chi connectivity index (χ2v) is 5.89. The van der Waals surface area contributed by atoms with Gasteiger partial charge in [-0.05, 0) is 35.7 Å². The summed E-state index contributed by atoms with van der Waals surface area (Å²) >= 11 is 5.72. The van der Waals surface area contributed by atoms with Crippen molar-refractivity contribution >= 4 is 23.8 Å². The predicted molar refractivity (Wildman–Crippen MR) is 94.7 cm³/mol. The van der Waals surface area contributed by atoms with E-state index >= 15 is 0 Å². The molecule has 2 rings (SSSR count). The van der Waals surface area contributed by atoms with Crippen molar-refractivity contribution in [2.45, 2.75) is 19.2 Å². The first-order valence-corrected chi connectivity index (χ1v) is 8.21. The molecular formula is C19H17ClF3NO2. The number of alkyl carbamates (subject to hydrolysis) is 1. The van der Waals surface area contributed by atoms with E-state index < -0.39 is 17.8 Å². The summed E-state index contributed by atoms with van der Waals surface area (Å²) in [7, 11) is 0. The molecule has 0 atom stereocenters. The number of amides is 1. The second kappa shape index (κ2) is 9.29. The van der Waals surface area contributed by atoms with Gasteiger partial charge in [-0.2, -0.15) is 13.2 Å². The fourth-order valence-electron chi connectivity index (χ4n) is 2.12. The lowest BCUT2D eigenvalue weighted by Crippen LogP contribution is -2.24. The van der Waals surface area contributed by atoms with Gasteiger partial charge >= 0.3 is 12.3 Å². The molecule has 138 valence electrons. The molecule has 0 aliphatic heterocycles. The number of hydrogen-bond donors (Lipinski definition) is 1. The first-order chi connectivity index (χ1) is 12.3. The molecule has 0 aromatic heterocycles. The third-order valence-corrected chi connectivity index (χ3v) is 3.57. The number of ether oxygens (including phenoxy) is 1. The third kappa shape index (κ3) is 6.80. The van der Waals surface area contributed by atoms with Crippen molar-refractivity contribution in [3.8, 4) is 0 Å². The van der Waals surface area contributed by atoms with Gasteiger partial charge in [0.15, 0.2) is 0 Å². The van der Waals surface area contributed by atoms with E-state index in [-0.39, 0.29) is 11.6 Å². The largest absolute Gasteiger partial charge is 0.445 e. The molecule has 3 nitrogen and oxygen atoms in total. The Bertz CT molecular complexity index is 761. The molecule has 2 aromatic carbocycles. The normalized spacial score (nSPS) is 11.5. The van der Waals surface area contributed by atoms with Gasteiger partial charge in [-0.3, -0.25) is 0 Å². The van der Waals surface area contributed by atoms with E-state index in [2.05, 4.69) is 5.32 Å². The summed E-state index contributed by atoms with van der Waals surface area (Å²) in [5.74, 6) is 0. The Balaban J connectivity index is 1.75. The molecule has 0 spiro atoms. The molecule has 0 fully saturated rings. The second-order valence-electron chi connectivity index (χ2n) is 5.45. The van der Waals surface area contributed by atoms with Crippen molar-refractivity contribution in [2.24, 2.45) is 0 Å². The summed E-state index contributed by atoms with van der Waals surface area (Å²) in [6.07, 6.45) is -1.38. The topological polar surface area (TPSA) is 38.3 Å². The Morgan fingerprint density at radius 2 is 1.88 bits per heavy atom. The molecular weight excluding hydrogens is 367 g/mol. The van der Waals surface area contributed by atoms with Gasteiger partial charge in [0.1, 0.15) is 6.61 Å². The van der Waals surface area contributed by atoms with E-state index in [9.17, 15) is 18.0 Å². The highest BCUT2D eigenvalue weighted by Gasteiger charge is 2.30. The molecule has 0 saturated heterocycles. The molecule has 0 saturated carbocycles. The van der Waals surface area contributed by atoms with Crippen molar-refractivity contribution in [1.29, 1.82) is 0 Å². The van der Waals surface area contributed by atoms with Gasteiger partial charge in [-0.25, -0.2) is 4.79 Å². The van der Waals surface area contributed by atoms with Crippen LogP contribution in [0.2, 0.25) is 5.02 Å². The van der Waals surface area contributed by atoms with Gasteiger partial charge in [0, 0.05) is 11.6 Å². The highest BCUT2D eigenvalue weighted by atomic mass is 35.5. The summed E-state index contributed by atoms with van der Waals surface area (Å²) in [6, 6.07) is 12.6. The third-order valence-electron chi connectivity index (χ3n) is 3.35. The van der Waals surface area contributed by atoms with Gasteiger partial charge in [0.2, 0.25) is 0 Å². The van der Waals surface area contributed by atoms with Gasteiger partial charge in [-0.15, -0.1) is 0 Å². The summed E-state index contributed by atoms with van der Waals surface area (Å²) in [4.78, 5) is 11.5. The minimum atomic E-state index is -4.45. The highest BCUT2D eigenvalue weighted by molar-refractivity contribution is 6.30. The zero-order chi connectivity index (χ0) is 19.0. The molecule has 0 aliphatic carbocycles. The summed E-state index contributed by atoms with van der Waals surface area (Å²) in [5, 5.41) is 2.58. The fraction of sp³-hybridized carbons (Fsp3) is 0.211. The van der Waals surface area contributed by atoms with Crippen LogP contribution >= 0.6 is 11.6 Å². The van der Waals surface area contributed by atoms with Gasteiger partial charge in [-0.1, -0.05) is 54.1 Å². The van der Waals surface area contributed by atoms with Gasteiger partial charge in [0.25, 0.3) is 0 Å². The molecule has 1 N–H and O–H groups in total. The molecule has 0 radical (unpaired) electrons.